The minimum Gasteiger partial charge on any atom is -0.388 e. The van der Waals surface area contributed by atoms with Crippen molar-refractivity contribution in [3.8, 4) is 0 Å². The molecular formula is C14H26N4O3S. The zero-order chi connectivity index (χ0) is 16.3. The lowest BCUT2D eigenvalue weighted by atomic mass is 10.0. The molecule has 2 heterocycles. The second-order valence-electron chi connectivity index (χ2n) is 5.93. The van der Waals surface area contributed by atoms with Crippen molar-refractivity contribution < 1.29 is 13.5 Å². The van der Waals surface area contributed by atoms with E-state index in [0.717, 1.165) is 24.8 Å². The van der Waals surface area contributed by atoms with Crippen LogP contribution in [-0.4, -0.2) is 58.1 Å². The number of aromatic nitrogens is 2. The van der Waals surface area contributed by atoms with Gasteiger partial charge in [0.05, 0.1) is 12.3 Å². The van der Waals surface area contributed by atoms with Crippen molar-refractivity contribution in [2.45, 2.75) is 44.8 Å². The van der Waals surface area contributed by atoms with Gasteiger partial charge in [-0.15, -0.1) is 0 Å². The first-order chi connectivity index (χ1) is 10.4. The number of hydrogen-bond donors (Lipinski definition) is 1. The van der Waals surface area contributed by atoms with E-state index < -0.39 is 16.3 Å². The van der Waals surface area contributed by atoms with E-state index in [1.807, 2.05) is 6.92 Å². The normalized spacial score (nSPS) is 21.6. The van der Waals surface area contributed by atoms with Gasteiger partial charge < -0.3 is 5.11 Å². The Labute approximate surface area is 132 Å². The van der Waals surface area contributed by atoms with Crippen LogP contribution in [0.1, 0.15) is 44.3 Å². The summed E-state index contributed by atoms with van der Waals surface area (Å²) in [4.78, 5) is 0. The highest BCUT2D eigenvalue weighted by Gasteiger charge is 2.37. The molecule has 1 N–H and O–H groups in total. The van der Waals surface area contributed by atoms with Gasteiger partial charge in [-0.2, -0.15) is 22.1 Å². The molecule has 0 aliphatic carbocycles. The summed E-state index contributed by atoms with van der Waals surface area (Å²) in [5, 5.41) is 14.4. The smallest absolute Gasteiger partial charge is 0.281 e. The fourth-order valence-corrected chi connectivity index (χ4v) is 4.66. The Morgan fingerprint density at radius 1 is 1.55 bits per heavy atom. The van der Waals surface area contributed by atoms with Gasteiger partial charge in [-0.3, -0.25) is 4.68 Å². The maximum Gasteiger partial charge on any atom is 0.281 e. The molecule has 0 aromatic carbocycles. The highest BCUT2D eigenvalue weighted by molar-refractivity contribution is 7.86. The van der Waals surface area contributed by atoms with E-state index in [4.69, 9.17) is 0 Å². The summed E-state index contributed by atoms with van der Waals surface area (Å²) in [5.74, 6) is 0. The molecule has 0 amide bonds. The molecule has 7 nitrogen and oxygen atoms in total. The molecule has 1 aromatic rings. The average Bonchev–Trinajstić information content (AvgIpc) is 3.08. The second kappa shape index (κ2) is 7.08. The summed E-state index contributed by atoms with van der Waals surface area (Å²) in [6.45, 7) is 3.00. The highest BCUT2D eigenvalue weighted by atomic mass is 32.2. The first-order valence-electron chi connectivity index (χ1n) is 7.76. The van der Waals surface area contributed by atoms with Crippen LogP contribution in [0.3, 0.4) is 0 Å². The van der Waals surface area contributed by atoms with Crippen molar-refractivity contribution in [2.75, 3.05) is 20.1 Å². The maximum absolute atomic E-state index is 12.6. The Hall–Kier alpha value is -0.960. The topological polar surface area (TPSA) is 78.7 Å². The lowest BCUT2D eigenvalue weighted by Gasteiger charge is -2.29. The average molecular weight is 330 g/mol. The summed E-state index contributed by atoms with van der Waals surface area (Å²) >= 11 is 0. The Balaban J connectivity index is 2.07. The van der Waals surface area contributed by atoms with Gasteiger partial charge in [-0.05, 0) is 25.7 Å². The molecule has 1 aromatic heterocycles. The molecule has 22 heavy (non-hydrogen) atoms. The molecule has 1 saturated heterocycles. The summed E-state index contributed by atoms with van der Waals surface area (Å²) in [6, 6.07) is -0.153. The molecule has 0 saturated carbocycles. The van der Waals surface area contributed by atoms with Gasteiger partial charge in [0.2, 0.25) is 0 Å². The molecule has 2 atom stereocenters. The molecular weight excluding hydrogens is 304 g/mol. The van der Waals surface area contributed by atoms with Crippen LogP contribution in [0.5, 0.6) is 0 Å². The Morgan fingerprint density at radius 2 is 2.27 bits per heavy atom. The van der Waals surface area contributed by atoms with Crippen LogP contribution in [0.25, 0.3) is 0 Å². The standard InChI is InChI=1S/C14H26N4O3S/c1-4-7-17(3)22(20,21)18-8-5-6-13(18)9-14(19)12-10-15-16(2)11-12/h10-11,13-14,19H,4-9H2,1-3H3. The van der Waals surface area contributed by atoms with Gasteiger partial charge in [-0.1, -0.05) is 6.92 Å². The van der Waals surface area contributed by atoms with Crippen molar-refractivity contribution in [1.29, 1.82) is 0 Å². The largest absolute Gasteiger partial charge is 0.388 e. The van der Waals surface area contributed by atoms with Crippen LogP contribution in [-0.2, 0) is 17.3 Å². The first-order valence-corrected chi connectivity index (χ1v) is 9.15. The molecule has 2 unspecified atom stereocenters. The quantitative estimate of drug-likeness (QED) is 0.805. The molecule has 1 aliphatic heterocycles. The fraction of sp³-hybridized carbons (Fsp3) is 0.786. The van der Waals surface area contributed by atoms with Crippen molar-refractivity contribution in [3.05, 3.63) is 18.0 Å². The number of rotatable bonds is 7. The lowest BCUT2D eigenvalue weighted by Crippen LogP contribution is -2.45. The Kier molecular flexibility index (Phi) is 5.60. The molecule has 8 heteroatoms. The summed E-state index contributed by atoms with van der Waals surface area (Å²) < 4.78 is 29.8. The zero-order valence-electron chi connectivity index (χ0n) is 13.5. The third kappa shape index (κ3) is 3.68. The van der Waals surface area contributed by atoms with Crippen LogP contribution in [0.2, 0.25) is 0 Å². The SMILES string of the molecule is CCCN(C)S(=O)(=O)N1CCCC1CC(O)c1cnn(C)c1. The Morgan fingerprint density at radius 3 is 2.86 bits per heavy atom. The van der Waals surface area contributed by atoms with Gasteiger partial charge in [0, 0.05) is 45.0 Å². The number of aliphatic hydroxyl groups excluding tert-OH is 1. The van der Waals surface area contributed by atoms with E-state index in [-0.39, 0.29) is 6.04 Å². The molecule has 0 spiro atoms. The van der Waals surface area contributed by atoms with Crippen molar-refractivity contribution >= 4 is 10.2 Å². The third-order valence-corrected chi connectivity index (χ3v) is 6.20. The summed E-state index contributed by atoms with van der Waals surface area (Å²) in [6.07, 6.45) is 5.52. The van der Waals surface area contributed by atoms with Crippen molar-refractivity contribution in [1.82, 2.24) is 18.4 Å². The van der Waals surface area contributed by atoms with Crippen molar-refractivity contribution in [3.63, 3.8) is 0 Å². The molecule has 1 aliphatic rings. The summed E-state index contributed by atoms with van der Waals surface area (Å²) in [5.41, 5.74) is 0.730. The van der Waals surface area contributed by atoms with Crippen LogP contribution in [0.4, 0.5) is 0 Å². The molecule has 0 radical (unpaired) electrons. The van der Waals surface area contributed by atoms with Crippen LogP contribution < -0.4 is 0 Å². The number of aliphatic hydroxyl groups is 1. The van der Waals surface area contributed by atoms with Gasteiger partial charge in [-0.25, -0.2) is 0 Å². The predicted octanol–water partition coefficient (Wildman–Crippen LogP) is 0.895. The van der Waals surface area contributed by atoms with Crippen LogP contribution in [0, 0.1) is 0 Å². The second-order valence-corrected chi connectivity index (χ2v) is 7.92. The van der Waals surface area contributed by atoms with Gasteiger partial charge in [0.25, 0.3) is 10.2 Å². The molecule has 1 fully saturated rings. The lowest BCUT2D eigenvalue weighted by molar-refractivity contribution is 0.140. The van der Waals surface area contributed by atoms with E-state index in [9.17, 15) is 13.5 Å². The molecule has 2 rings (SSSR count). The van der Waals surface area contributed by atoms with Gasteiger partial charge in [0.1, 0.15) is 0 Å². The number of hydrogen-bond acceptors (Lipinski definition) is 4. The fourth-order valence-electron chi connectivity index (χ4n) is 2.96. The number of nitrogens with zero attached hydrogens (tertiary/aromatic N) is 4. The first kappa shape index (κ1) is 17.4. The van der Waals surface area contributed by atoms with E-state index in [1.54, 1.807) is 35.5 Å². The number of aryl methyl sites for hydroxylation is 1. The maximum atomic E-state index is 12.6. The monoisotopic (exact) mass is 330 g/mol. The predicted molar refractivity (Wildman–Crippen MR) is 84.4 cm³/mol. The van der Waals surface area contributed by atoms with E-state index in [2.05, 4.69) is 5.10 Å². The zero-order valence-corrected chi connectivity index (χ0v) is 14.3. The minimum absolute atomic E-state index is 0.153. The van der Waals surface area contributed by atoms with Crippen molar-refractivity contribution in [2.24, 2.45) is 7.05 Å². The molecule has 0 bridgehead atoms. The highest BCUT2D eigenvalue weighted by Crippen LogP contribution is 2.30. The van der Waals surface area contributed by atoms with Gasteiger partial charge >= 0.3 is 0 Å². The van der Waals surface area contributed by atoms with Gasteiger partial charge in [0.15, 0.2) is 0 Å². The Bertz CT molecular complexity index is 587. The minimum atomic E-state index is -3.44. The molecule has 126 valence electrons. The van der Waals surface area contributed by atoms with E-state index in [1.165, 1.54) is 4.31 Å². The van der Waals surface area contributed by atoms with Crippen LogP contribution in [0.15, 0.2) is 12.4 Å². The van der Waals surface area contributed by atoms with Crippen LogP contribution >= 0.6 is 0 Å². The summed E-state index contributed by atoms with van der Waals surface area (Å²) in [7, 11) is -0.0272. The third-order valence-electron chi connectivity index (χ3n) is 4.16. The van der Waals surface area contributed by atoms with E-state index in [0.29, 0.717) is 19.5 Å². The van der Waals surface area contributed by atoms with E-state index >= 15 is 0 Å².